The van der Waals surface area contributed by atoms with Crippen molar-refractivity contribution in [2.24, 2.45) is 4.99 Å². The number of halogens is 1. The highest BCUT2D eigenvalue weighted by Gasteiger charge is 2.25. The van der Waals surface area contributed by atoms with Gasteiger partial charge in [-0.05, 0) is 23.6 Å². The van der Waals surface area contributed by atoms with E-state index in [-0.39, 0.29) is 35.8 Å². The summed E-state index contributed by atoms with van der Waals surface area (Å²) < 4.78 is 5.98. The standard InChI is InChI=1S/C20H24N4O3.HI/c1-15-5-3-4-6-18(15)19-14-23(11-12-27-19)20(21-2)22-13-16-7-9-17(10-8-16)24(25)26;/h3-10,19H,11-14H2,1-2H3,(H,21,22);1H. The highest BCUT2D eigenvalue weighted by molar-refractivity contribution is 14.0. The summed E-state index contributed by atoms with van der Waals surface area (Å²) >= 11 is 0. The topological polar surface area (TPSA) is 80.0 Å². The predicted octanol–water partition coefficient (Wildman–Crippen LogP) is 3.67. The molecule has 0 bridgehead atoms. The van der Waals surface area contributed by atoms with Gasteiger partial charge < -0.3 is 15.0 Å². The molecule has 1 unspecified atom stereocenters. The Morgan fingerprint density at radius 2 is 2.00 bits per heavy atom. The maximum Gasteiger partial charge on any atom is 0.269 e. The molecule has 1 heterocycles. The van der Waals surface area contributed by atoms with Gasteiger partial charge in [0, 0.05) is 32.3 Å². The monoisotopic (exact) mass is 496 g/mol. The van der Waals surface area contributed by atoms with Crippen LogP contribution in [0.25, 0.3) is 0 Å². The van der Waals surface area contributed by atoms with Crippen molar-refractivity contribution in [1.29, 1.82) is 0 Å². The summed E-state index contributed by atoms with van der Waals surface area (Å²) in [6, 6.07) is 14.8. The van der Waals surface area contributed by atoms with E-state index in [1.54, 1.807) is 19.2 Å². The Kier molecular flexibility index (Phi) is 8.18. The van der Waals surface area contributed by atoms with Gasteiger partial charge in [0.25, 0.3) is 5.69 Å². The zero-order valence-corrected chi connectivity index (χ0v) is 18.3. The summed E-state index contributed by atoms with van der Waals surface area (Å²) in [6.45, 7) is 4.78. The smallest absolute Gasteiger partial charge is 0.269 e. The molecule has 8 heteroatoms. The number of morpholine rings is 1. The summed E-state index contributed by atoms with van der Waals surface area (Å²) in [4.78, 5) is 16.9. The van der Waals surface area contributed by atoms with Gasteiger partial charge in [-0.2, -0.15) is 0 Å². The number of ether oxygens (including phenoxy) is 1. The van der Waals surface area contributed by atoms with Crippen LogP contribution in [0.15, 0.2) is 53.5 Å². The van der Waals surface area contributed by atoms with Crippen LogP contribution in [0.2, 0.25) is 0 Å². The number of guanidine groups is 1. The molecular formula is C20H25IN4O3. The third kappa shape index (κ3) is 5.41. The fraction of sp³-hybridized carbons (Fsp3) is 0.350. The first-order valence-corrected chi connectivity index (χ1v) is 8.94. The largest absolute Gasteiger partial charge is 0.370 e. The van der Waals surface area contributed by atoms with Crippen LogP contribution in [0, 0.1) is 17.0 Å². The highest BCUT2D eigenvalue weighted by Crippen LogP contribution is 2.25. The molecule has 1 aliphatic rings. The first-order chi connectivity index (χ1) is 13.1. The molecule has 0 spiro atoms. The second-order valence-electron chi connectivity index (χ2n) is 6.49. The van der Waals surface area contributed by atoms with E-state index in [1.807, 2.05) is 12.1 Å². The highest BCUT2D eigenvalue weighted by atomic mass is 127. The Morgan fingerprint density at radius 3 is 2.64 bits per heavy atom. The number of nitro benzene ring substituents is 1. The average Bonchev–Trinajstić information content (AvgIpc) is 2.69. The van der Waals surface area contributed by atoms with Crippen LogP contribution in [0.1, 0.15) is 22.8 Å². The Hall–Kier alpha value is -2.20. The third-order valence-corrected chi connectivity index (χ3v) is 4.71. The second kappa shape index (κ2) is 10.4. The number of aliphatic imine (C=N–C) groups is 1. The van der Waals surface area contributed by atoms with Crippen molar-refractivity contribution < 1.29 is 9.66 Å². The fourth-order valence-corrected chi connectivity index (χ4v) is 3.23. The number of nitrogens with one attached hydrogen (secondary N) is 1. The fourth-order valence-electron chi connectivity index (χ4n) is 3.23. The van der Waals surface area contributed by atoms with Crippen molar-refractivity contribution in [1.82, 2.24) is 10.2 Å². The van der Waals surface area contributed by atoms with E-state index < -0.39 is 4.92 Å². The summed E-state index contributed by atoms with van der Waals surface area (Å²) in [6.07, 6.45) is 0.0119. The van der Waals surface area contributed by atoms with Gasteiger partial charge in [-0.15, -0.1) is 24.0 Å². The molecule has 0 aliphatic carbocycles. The normalized spacial score (nSPS) is 17.0. The number of non-ortho nitro benzene ring substituents is 1. The Balaban J connectivity index is 0.00000280. The molecule has 0 radical (unpaired) electrons. The molecule has 1 fully saturated rings. The van der Waals surface area contributed by atoms with Crippen LogP contribution in [-0.2, 0) is 11.3 Å². The van der Waals surface area contributed by atoms with E-state index in [2.05, 4.69) is 34.3 Å². The minimum absolute atomic E-state index is 0. The Bertz CT molecular complexity index is 826. The minimum atomic E-state index is -0.393. The molecular weight excluding hydrogens is 471 g/mol. The van der Waals surface area contributed by atoms with Crippen molar-refractivity contribution in [2.75, 3.05) is 26.7 Å². The van der Waals surface area contributed by atoms with Crippen LogP contribution < -0.4 is 5.32 Å². The zero-order valence-electron chi connectivity index (χ0n) is 16.0. The number of rotatable bonds is 4. The molecule has 0 amide bonds. The lowest BCUT2D eigenvalue weighted by Crippen LogP contribution is -2.48. The van der Waals surface area contributed by atoms with E-state index in [4.69, 9.17) is 4.74 Å². The molecule has 28 heavy (non-hydrogen) atoms. The maximum absolute atomic E-state index is 10.8. The lowest BCUT2D eigenvalue weighted by molar-refractivity contribution is -0.384. The van der Waals surface area contributed by atoms with E-state index in [0.717, 1.165) is 24.6 Å². The van der Waals surface area contributed by atoms with Crippen molar-refractivity contribution in [2.45, 2.75) is 19.6 Å². The molecule has 2 aromatic carbocycles. The van der Waals surface area contributed by atoms with E-state index in [9.17, 15) is 10.1 Å². The number of nitrogens with zero attached hydrogens (tertiary/aromatic N) is 3. The van der Waals surface area contributed by atoms with Gasteiger partial charge in [-0.1, -0.05) is 36.4 Å². The first kappa shape index (κ1) is 22.1. The SMILES string of the molecule is CN=C(NCc1ccc([N+](=O)[O-])cc1)N1CCOC(c2ccccc2C)C1.I. The van der Waals surface area contributed by atoms with E-state index in [1.165, 1.54) is 23.3 Å². The molecule has 7 nitrogen and oxygen atoms in total. The lowest BCUT2D eigenvalue weighted by atomic mass is 10.0. The predicted molar refractivity (Wildman–Crippen MR) is 120 cm³/mol. The second-order valence-corrected chi connectivity index (χ2v) is 6.49. The van der Waals surface area contributed by atoms with Gasteiger partial charge in [-0.25, -0.2) is 0 Å². The molecule has 1 atom stereocenters. The van der Waals surface area contributed by atoms with Gasteiger partial charge in [0.05, 0.1) is 18.1 Å². The van der Waals surface area contributed by atoms with Gasteiger partial charge in [0.2, 0.25) is 0 Å². The number of nitro groups is 1. The molecule has 2 aromatic rings. The van der Waals surface area contributed by atoms with Crippen LogP contribution in [-0.4, -0.2) is 42.5 Å². The maximum atomic E-state index is 10.8. The zero-order chi connectivity index (χ0) is 19.2. The summed E-state index contributed by atoms with van der Waals surface area (Å²) in [5, 5.41) is 14.1. The molecule has 3 rings (SSSR count). The van der Waals surface area contributed by atoms with Crippen molar-refractivity contribution >= 4 is 35.6 Å². The van der Waals surface area contributed by atoms with Crippen LogP contribution in [0.5, 0.6) is 0 Å². The van der Waals surface area contributed by atoms with Gasteiger partial charge in [0.1, 0.15) is 6.10 Å². The lowest BCUT2D eigenvalue weighted by Gasteiger charge is -2.35. The summed E-state index contributed by atoms with van der Waals surface area (Å²) in [5.41, 5.74) is 3.48. The number of hydrogen-bond donors (Lipinski definition) is 1. The van der Waals surface area contributed by atoms with Crippen LogP contribution in [0.3, 0.4) is 0 Å². The third-order valence-electron chi connectivity index (χ3n) is 4.71. The van der Waals surface area contributed by atoms with Gasteiger partial charge in [0.15, 0.2) is 5.96 Å². The molecule has 150 valence electrons. The molecule has 1 saturated heterocycles. The van der Waals surface area contributed by atoms with E-state index >= 15 is 0 Å². The van der Waals surface area contributed by atoms with Crippen molar-refractivity contribution in [3.63, 3.8) is 0 Å². The quantitative estimate of drug-likeness (QED) is 0.230. The molecule has 1 aliphatic heterocycles. The van der Waals surface area contributed by atoms with Gasteiger partial charge in [-0.3, -0.25) is 15.1 Å². The van der Waals surface area contributed by atoms with Crippen molar-refractivity contribution in [3.05, 3.63) is 75.3 Å². The molecule has 1 N–H and O–H groups in total. The van der Waals surface area contributed by atoms with Crippen LogP contribution in [0.4, 0.5) is 5.69 Å². The Labute approximate surface area is 182 Å². The number of benzene rings is 2. The number of aryl methyl sites for hydroxylation is 1. The first-order valence-electron chi connectivity index (χ1n) is 8.94. The van der Waals surface area contributed by atoms with Crippen molar-refractivity contribution in [3.8, 4) is 0 Å². The molecule has 0 aromatic heterocycles. The van der Waals surface area contributed by atoms with Gasteiger partial charge >= 0.3 is 0 Å². The van der Waals surface area contributed by atoms with Crippen LogP contribution >= 0.6 is 24.0 Å². The summed E-state index contributed by atoms with van der Waals surface area (Å²) in [7, 11) is 1.76. The molecule has 0 saturated carbocycles. The number of hydrogen-bond acceptors (Lipinski definition) is 4. The minimum Gasteiger partial charge on any atom is -0.370 e. The average molecular weight is 496 g/mol. The Morgan fingerprint density at radius 1 is 1.29 bits per heavy atom. The summed E-state index contributed by atoms with van der Waals surface area (Å²) in [5.74, 6) is 0.801. The van der Waals surface area contributed by atoms with E-state index in [0.29, 0.717) is 13.2 Å².